The molecule has 1 fully saturated rings. The minimum absolute atomic E-state index is 0. The van der Waals surface area contributed by atoms with Crippen molar-refractivity contribution in [3.05, 3.63) is 29.3 Å². The molecule has 0 aromatic heterocycles. The van der Waals surface area contributed by atoms with Gasteiger partial charge in [-0.3, -0.25) is 0 Å². The molecule has 1 atom stereocenters. The number of rotatable bonds is 3. The first-order chi connectivity index (χ1) is 7.15. The Labute approximate surface area is 99.2 Å². The number of hydrogen-bond acceptors (Lipinski definition) is 2. The Morgan fingerprint density at radius 1 is 1.38 bits per heavy atom. The molecule has 16 heavy (non-hydrogen) atoms. The summed E-state index contributed by atoms with van der Waals surface area (Å²) in [5, 5.41) is 0. The van der Waals surface area contributed by atoms with E-state index >= 15 is 0 Å². The molecule has 2 N–H and O–H groups in total. The molecular weight excluding hydrogens is 236 g/mol. The molecule has 0 spiro atoms. The average molecular weight is 250 g/mol. The van der Waals surface area contributed by atoms with Crippen molar-refractivity contribution in [3.8, 4) is 5.75 Å². The van der Waals surface area contributed by atoms with Gasteiger partial charge in [0.1, 0.15) is 5.82 Å². The van der Waals surface area contributed by atoms with Crippen molar-refractivity contribution < 1.29 is 13.5 Å². The second-order valence-electron chi connectivity index (χ2n) is 3.84. The Balaban J connectivity index is 0.00000128. The van der Waals surface area contributed by atoms with E-state index in [2.05, 4.69) is 0 Å². The molecule has 1 aliphatic carbocycles. The van der Waals surface area contributed by atoms with Gasteiger partial charge >= 0.3 is 0 Å². The Kier molecular flexibility index (Phi) is 4.10. The van der Waals surface area contributed by atoms with Crippen molar-refractivity contribution in [2.24, 2.45) is 11.7 Å². The standard InChI is InChI=1S/C11H13F2NO.ClH/c1-15-8-5-4-7(12)9(10(8)13)11(14)6-2-3-6;/h4-6,11H,2-3,14H2,1H3;1H/t11-;/m1./s1. The summed E-state index contributed by atoms with van der Waals surface area (Å²) in [6, 6.07) is 1.91. The normalized spacial score (nSPS) is 16.5. The van der Waals surface area contributed by atoms with E-state index in [0.29, 0.717) is 0 Å². The lowest BCUT2D eigenvalue weighted by molar-refractivity contribution is 0.376. The molecule has 0 bridgehead atoms. The van der Waals surface area contributed by atoms with Gasteiger partial charge in [-0.1, -0.05) is 0 Å². The summed E-state index contributed by atoms with van der Waals surface area (Å²) in [4.78, 5) is 0. The number of methoxy groups -OCH3 is 1. The highest BCUT2D eigenvalue weighted by Gasteiger charge is 2.33. The van der Waals surface area contributed by atoms with Gasteiger partial charge < -0.3 is 10.5 Å². The van der Waals surface area contributed by atoms with Crippen LogP contribution in [0.3, 0.4) is 0 Å². The average Bonchev–Trinajstić information content (AvgIpc) is 3.01. The van der Waals surface area contributed by atoms with E-state index in [0.717, 1.165) is 12.8 Å². The van der Waals surface area contributed by atoms with Gasteiger partial charge in [0.15, 0.2) is 11.6 Å². The predicted octanol–water partition coefficient (Wildman–Crippen LogP) is 2.81. The van der Waals surface area contributed by atoms with Crippen LogP contribution in [0.5, 0.6) is 5.75 Å². The molecule has 2 rings (SSSR count). The van der Waals surface area contributed by atoms with Crippen LogP contribution in [0.25, 0.3) is 0 Å². The molecule has 0 heterocycles. The largest absolute Gasteiger partial charge is 0.494 e. The van der Waals surface area contributed by atoms with Gasteiger partial charge in [0.2, 0.25) is 0 Å². The summed E-state index contributed by atoms with van der Waals surface area (Å²) >= 11 is 0. The Morgan fingerprint density at radius 3 is 2.50 bits per heavy atom. The van der Waals surface area contributed by atoms with Crippen LogP contribution in [0.4, 0.5) is 8.78 Å². The minimum Gasteiger partial charge on any atom is -0.494 e. The molecule has 1 aromatic rings. The second kappa shape index (κ2) is 4.97. The minimum atomic E-state index is -0.670. The highest BCUT2D eigenvalue weighted by atomic mass is 35.5. The van der Waals surface area contributed by atoms with E-state index in [1.165, 1.54) is 19.2 Å². The third-order valence-corrected chi connectivity index (χ3v) is 2.77. The van der Waals surface area contributed by atoms with Crippen LogP contribution in [0, 0.1) is 17.6 Å². The molecule has 0 radical (unpaired) electrons. The van der Waals surface area contributed by atoms with E-state index in [4.69, 9.17) is 10.5 Å². The van der Waals surface area contributed by atoms with E-state index in [-0.39, 0.29) is 29.6 Å². The first-order valence-corrected chi connectivity index (χ1v) is 4.92. The van der Waals surface area contributed by atoms with Crippen LogP contribution in [-0.4, -0.2) is 7.11 Å². The van der Waals surface area contributed by atoms with Gasteiger partial charge in [-0.2, -0.15) is 0 Å². The van der Waals surface area contributed by atoms with Gasteiger partial charge in [-0.25, -0.2) is 8.78 Å². The third kappa shape index (κ3) is 2.28. The molecule has 1 saturated carbocycles. The fourth-order valence-electron chi connectivity index (χ4n) is 1.70. The molecule has 2 nitrogen and oxygen atoms in total. The van der Waals surface area contributed by atoms with Crippen molar-refractivity contribution in [3.63, 3.8) is 0 Å². The van der Waals surface area contributed by atoms with Crippen LogP contribution in [0.1, 0.15) is 24.4 Å². The third-order valence-electron chi connectivity index (χ3n) is 2.77. The maximum absolute atomic E-state index is 13.7. The Bertz CT molecular complexity index is 382. The van der Waals surface area contributed by atoms with Crippen molar-refractivity contribution in [1.82, 2.24) is 0 Å². The molecular formula is C11H14ClF2NO. The van der Waals surface area contributed by atoms with Crippen molar-refractivity contribution in [1.29, 1.82) is 0 Å². The zero-order valence-electron chi connectivity index (χ0n) is 8.87. The highest BCUT2D eigenvalue weighted by molar-refractivity contribution is 5.85. The van der Waals surface area contributed by atoms with E-state index in [1.807, 2.05) is 0 Å². The van der Waals surface area contributed by atoms with Crippen LogP contribution < -0.4 is 10.5 Å². The Morgan fingerprint density at radius 2 is 2.00 bits per heavy atom. The monoisotopic (exact) mass is 249 g/mol. The molecule has 0 aliphatic heterocycles. The van der Waals surface area contributed by atoms with Crippen LogP contribution in [0.15, 0.2) is 12.1 Å². The topological polar surface area (TPSA) is 35.2 Å². The molecule has 1 aliphatic rings. The van der Waals surface area contributed by atoms with Crippen LogP contribution in [0.2, 0.25) is 0 Å². The van der Waals surface area contributed by atoms with Crippen molar-refractivity contribution >= 4 is 12.4 Å². The lowest BCUT2D eigenvalue weighted by atomic mass is 10.0. The SMILES string of the molecule is COc1ccc(F)c([C@H](N)C2CC2)c1F.Cl. The molecule has 0 amide bonds. The number of halogens is 3. The fraction of sp³-hybridized carbons (Fsp3) is 0.455. The summed E-state index contributed by atoms with van der Waals surface area (Å²) in [6.07, 6.45) is 1.88. The second-order valence-corrected chi connectivity index (χ2v) is 3.84. The summed E-state index contributed by atoms with van der Waals surface area (Å²) in [6.45, 7) is 0. The van der Waals surface area contributed by atoms with Crippen LogP contribution >= 0.6 is 12.4 Å². The van der Waals surface area contributed by atoms with Crippen molar-refractivity contribution in [2.45, 2.75) is 18.9 Å². The zero-order chi connectivity index (χ0) is 11.0. The lowest BCUT2D eigenvalue weighted by Crippen LogP contribution is -2.16. The zero-order valence-corrected chi connectivity index (χ0v) is 9.69. The highest BCUT2D eigenvalue weighted by Crippen LogP contribution is 2.42. The molecule has 90 valence electrons. The van der Waals surface area contributed by atoms with Crippen LogP contribution in [-0.2, 0) is 0 Å². The summed E-state index contributed by atoms with van der Waals surface area (Å²) in [5.74, 6) is -1.01. The van der Waals surface area contributed by atoms with Gasteiger partial charge in [0, 0.05) is 11.6 Å². The van der Waals surface area contributed by atoms with Gasteiger partial charge in [-0.15, -0.1) is 12.4 Å². The van der Waals surface area contributed by atoms with E-state index in [9.17, 15) is 8.78 Å². The number of ether oxygens (including phenoxy) is 1. The number of benzene rings is 1. The number of hydrogen-bond donors (Lipinski definition) is 1. The molecule has 0 unspecified atom stereocenters. The smallest absolute Gasteiger partial charge is 0.172 e. The maximum Gasteiger partial charge on any atom is 0.172 e. The molecule has 5 heteroatoms. The fourth-order valence-corrected chi connectivity index (χ4v) is 1.70. The quantitative estimate of drug-likeness (QED) is 0.894. The Hall–Kier alpha value is -0.870. The number of nitrogens with two attached hydrogens (primary N) is 1. The first kappa shape index (κ1) is 13.2. The first-order valence-electron chi connectivity index (χ1n) is 4.92. The summed E-state index contributed by atoms with van der Waals surface area (Å²) in [7, 11) is 1.35. The van der Waals surface area contributed by atoms with Gasteiger partial charge in [0.05, 0.1) is 7.11 Å². The lowest BCUT2D eigenvalue weighted by Gasteiger charge is -2.14. The van der Waals surface area contributed by atoms with Crippen molar-refractivity contribution in [2.75, 3.05) is 7.11 Å². The predicted molar refractivity (Wildman–Crippen MR) is 59.8 cm³/mol. The molecule has 1 aromatic carbocycles. The maximum atomic E-state index is 13.7. The molecule has 0 saturated heterocycles. The van der Waals surface area contributed by atoms with E-state index < -0.39 is 17.7 Å². The van der Waals surface area contributed by atoms with Gasteiger partial charge in [-0.05, 0) is 30.9 Å². The summed E-state index contributed by atoms with van der Waals surface area (Å²) in [5.41, 5.74) is 5.75. The summed E-state index contributed by atoms with van der Waals surface area (Å²) < 4.78 is 32.0. The van der Waals surface area contributed by atoms with E-state index in [1.54, 1.807) is 0 Å². The van der Waals surface area contributed by atoms with Gasteiger partial charge in [0.25, 0.3) is 0 Å².